The van der Waals surface area contributed by atoms with E-state index in [1.165, 1.54) is 16.5 Å². The lowest BCUT2D eigenvalue weighted by Gasteiger charge is -2.07. The molecule has 4 rings (SSSR count). The number of hydrogen-bond donors (Lipinski definition) is 0. The molecule has 0 unspecified atom stereocenters. The summed E-state index contributed by atoms with van der Waals surface area (Å²) in [6, 6.07) is 12.1. The van der Waals surface area contributed by atoms with Gasteiger partial charge in [-0.3, -0.25) is 4.79 Å². The average Bonchev–Trinajstić information content (AvgIpc) is 3.07. The van der Waals surface area contributed by atoms with Crippen LogP contribution >= 0.6 is 0 Å². The smallest absolute Gasteiger partial charge is 0.197 e. The van der Waals surface area contributed by atoms with Crippen molar-refractivity contribution in [3.8, 4) is 0 Å². The van der Waals surface area contributed by atoms with Gasteiger partial charge in [0.1, 0.15) is 5.76 Å². The zero-order chi connectivity index (χ0) is 13.7. The lowest BCUT2D eigenvalue weighted by Crippen LogP contribution is -2.03. The highest BCUT2D eigenvalue weighted by Crippen LogP contribution is 2.33. The summed E-state index contributed by atoms with van der Waals surface area (Å²) >= 11 is 0. The Hall–Kier alpha value is -2.35. The molecule has 0 amide bonds. The first-order valence-corrected chi connectivity index (χ1v) is 6.88. The first-order chi connectivity index (χ1) is 9.75. The molecule has 0 fully saturated rings. The van der Waals surface area contributed by atoms with Crippen LogP contribution in [0.1, 0.15) is 32.8 Å². The largest absolute Gasteiger partial charge is 0.469 e. The van der Waals surface area contributed by atoms with Crippen LogP contribution in [0.4, 0.5) is 0 Å². The van der Waals surface area contributed by atoms with E-state index in [-0.39, 0.29) is 5.78 Å². The van der Waals surface area contributed by atoms with Gasteiger partial charge in [0.25, 0.3) is 0 Å². The van der Waals surface area contributed by atoms with Crippen molar-refractivity contribution < 1.29 is 9.21 Å². The van der Waals surface area contributed by atoms with Crippen LogP contribution in [0.5, 0.6) is 0 Å². The van der Waals surface area contributed by atoms with Gasteiger partial charge in [-0.1, -0.05) is 30.3 Å². The van der Waals surface area contributed by atoms with Crippen molar-refractivity contribution in [3.63, 3.8) is 0 Å². The molecule has 0 bridgehead atoms. The third-order valence-electron chi connectivity index (χ3n) is 4.22. The molecule has 2 aromatic carbocycles. The van der Waals surface area contributed by atoms with Crippen LogP contribution < -0.4 is 0 Å². The molecule has 20 heavy (non-hydrogen) atoms. The van der Waals surface area contributed by atoms with E-state index in [0.717, 1.165) is 23.8 Å². The first kappa shape index (κ1) is 11.5. The summed E-state index contributed by atoms with van der Waals surface area (Å²) in [7, 11) is 0. The summed E-state index contributed by atoms with van der Waals surface area (Å²) in [5.74, 6) is 0.727. The highest BCUT2D eigenvalue weighted by molar-refractivity contribution is 6.17. The summed E-state index contributed by atoms with van der Waals surface area (Å²) in [4.78, 5) is 12.7. The van der Waals surface area contributed by atoms with Crippen LogP contribution in [0.25, 0.3) is 10.8 Å². The van der Waals surface area contributed by atoms with Crippen molar-refractivity contribution in [1.29, 1.82) is 0 Å². The Labute approximate surface area is 117 Å². The maximum absolute atomic E-state index is 12.7. The lowest BCUT2D eigenvalue weighted by atomic mass is 9.95. The van der Waals surface area contributed by atoms with Crippen LogP contribution in [0.15, 0.2) is 47.1 Å². The van der Waals surface area contributed by atoms with E-state index in [1.807, 2.05) is 19.1 Å². The zero-order valence-corrected chi connectivity index (χ0v) is 11.3. The summed E-state index contributed by atoms with van der Waals surface area (Å²) < 4.78 is 5.26. The van der Waals surface area contributed by atoms with Gasteiger partial charge in [0.15, 0.2) is 5.78 Å². The van der Waals surface area contributed by atoms with Gasteiger partial charge in [0, 0.05) is 5.56 Å². The molecular weight excluding hydrogens is 248 g/mol. The molecule has 0 N–H and O–H groups in total. The molecule has 0 aliphatic heterocycles. The minimum atomic E-state index is 0.0480. The molecule has 0 atom stereocenters. The first-order valence-electron chi connectivity index (χ1n) is 6.88. The maximum atomic E-state index is 12.7. The second-order valence-corrected chi connectivity index (χ2v) is 5.33. The van der Waals surface area contributed by atoms with Crippen molar-refractivity contribution in [3.05, 3.63) is 70.7 Å². The van der Waals surface area contributed by atoms with Crippen LogP contribution in [-0.2, 0) is 12.8 Å². The highest BCUT2D eigenvalue weighted by Gasteiger charge is 2.21. The van der Waals surface area contributed by atoms with Crippen molar-refractivity contribution in [2.45, 2.75) is 19.8 Å². The predicted octanol–water partition coefficient (Wildman–Crippen LogP) is 4.07. The minimum absolute atomic E-state index is 0.0480. The molecule has 1 aliphatic carbocycles. The van der Waals surface area contributed by atoms with Crippen molar-refractivity contribution in [2.24, 2.45) is 0 Å². The molecule has 0 saturated heterocycles. The molecule has 1 aromatic heterocycles. The molecule has 0 spiro atoms. The van der Waals surface area contributed by atoms with Crippen LogP contribution in [0, 0.1) is 6.92 Å². The van der Waals surface area contributed by atoms with Gasteiger partial charge in [-0.2, -0.15) is 0 Å². The summed E-state index contributed by atoms with van der Waals surface area (Å²) in [5.41, 5.74) is 4.15. The van der Waals surface area contributed by atoms with Crippen LogP contribution in [-0.4, -0.2) is 5.78 Å². The van der Waals surface area contributed by atoms with E-state index >= 15 is 0 Å². The standard InChI is InChI=1S/C18H14O2/c1-11-14(9-10-20-11)18(19)16-8-7-13-6-5-12-3-2-4-15(16)17(12)13/h2-4,7-10H,5-6H2,1H3. The second kappa shape index (κ2) is 4.07. The van der Waals surface area contributed by atoms with Gasteiger partial charge in [-0.15, -0.1) is 0 Å². The van der Waals surface area contributed by atoms with Gasteiger partial charge in [-0.25, -0.2) is 0 Å². The van der Waals surface area contributed by atoms with E-state index in [4.69, 9.17) is 4.42 Å². The number of rotatable bonds is 2. The number of benzene rings is 2. The van der Waals surface area contributed by atoms with E-state index in [9.17, 15) is 4.79 Å². The number of furan rings is 1. The van der Waals surface area contributed by atoms with Gasteiger partial charge in [0.05, 0.1) is 11.8 Å². The summed E-state index contributed by atoms with van der Waals surface area (Å²) in [6.07, 6.45) is 3.73. The fourth-order valence-electron chi connectivity index (χ4n) is 3.21. The average molecular weight is 262 g/mol. The van der Waals surface area contributed by atoms with Crippen molar-refractivity contribution >= 4 is 16.6 Å². The number of carbonyl (C=O) groups excluding carboxylic acids is 1. The molecule has 1 heterocycles. The van der Waals surface area contributed by atoms with Gasteiger partial charge in [0.2, 0.25) is 0 Å². The Kier molecular flexibility index (Phi) is 2.34. The Morgan fingerprint density at radius 3 is 2.55 bits per heavy atom. The molecule has 1 aliphatic rings. The molecule has 3 aromatic rings. The Morgan fingerprint density at radius 2 is 1.80 bits per heavy atom. The predicted molar refractivity (Wildman–Crippen MR) is 78.2 cm³/mol. The molecule has 2 heteroatoms. The molecule has 0 saturated carbocycles. The number of ketones is 1. The monoisotopic (exact) mass is 262 g/mol. The van der Waals surface area contributed by atoms with E-state index in [1.54, 1.807) is 12.3 Å². The summed E-state index contributed by atoms with van der Waals surface area (Å²) in [6.45, 7) is 1.83. The molecule has 98 valence electrons. The van der Waals surface area contributed by atoms with Crippen LogP contribution in [0.2, 0.25) is 0 Å². The Bertz CT molecular complexity index is 829. The van der Waals surface area contributed by atoms with Gasteiger partial charge >= 0.3 is 0 Å². The third kappa shape index (κ3) is 1.48. The van der Waals surface area contributed by atoms with Crippen molar-refractivity contribution in [2.75, 3.05) is 0 Å². The van der Waals surface area contributed by atoms with Crippen LogP contribution in [0.3, 0.4) is 0 Å². The normalized spacial score (nSPS) is 13.1. The SMILES string of the molecule is Cc1occc1C(=O)c1ccc2c3c(cccc13)CC2. The highest BCUT2D eigenvalue weighted by atomic mass is 16.3. The zero-order valence-electron chi connectivity index (χ0n) is 11.3. The second-order valence-electron chi connectivity index (χ2n) is 5.33. The Balaban J connectivity index is 1.98. The fourth-order valence-corrected chi connectivity index (χ4v) is 3.21. The maximum Gasteiger partial charge on any atom is 0.197 e. The fraction of sp³-hybridized carbons (Fsp3) is 0.167. The van der Waals surface area contributed by atoms with Crippen molar-refractivity contribution in [1.82, 2.24) is 0 Å². The Morgan fingerprint density at radius 1 is 1.00 bits per heavy atom. The van der Waals surface area contributed by atoms with E-state index in [2.05, 4.69) is 18.2 Å². The third-order valence-corrected chi connectivity index (χ3v) is 4.22. The molecule has 0 radical (unpaired) electrons. The number of hydrogen-bond acceptors (Lipinski definition) is 2. The molecule has 2 nitrogen and oxygen atoms in total. The minimum Gasteiger partial charge on any atom is -0.469 e. The van der Waals surface area contributed by atoms with Gasteiger partial charge in [-0.05, 0) is 47.7 Å². The quantitative estimate of drug-likeness (QED) is 0.652. The van der Waals surface area contributed by atoms with E-state index in [0.29, 0.717) is 11.3 Å². The summed E-state index contributed by atoms with van der Waals surface area (Å²) in [5, 5.41) is 2.35. The number of carbonyl (C=O) groups is 1. The molecular formula is C18H14O2. The lowest BCUT2D eigenvalue weighted by molar-refractivity contribution is 0.103. The van der Waals surface area contributed by atoms with E-state index < -0.39 is 0 Å². The van der Waals surface area contributed by atoms with Gasteiger partial charge < -0.3 is 4.42 Å². The topological polar surface area (TPSA) is 30.2 Å². The number of aryl methyl sites for hydroxylation is 3.